The first-order chi connectivity index (χ1) is 9.45. The Morgan fingerprint density at radius 2 is 2.10 bits per heavy atom. The van der Waals surface area contributed by atoms with Gasteiger partial charge in [-0.3, -0.25) is 14.5 Å². The third-order valence-electron chi connectivity index (χ3n) is 3.05. The number of hydrogen-bond acceptors (Lipinski definition) is 4. The fourth-order valence-corrected chi connectivity index (χ4v) is 2.94. The Balaban J connectivity index is 2.05. The maximum absolute atomic E-state index is 11.9. The average molecular weight is 293 g/mol. The van der Waals surface area contributed by atoms with Gasteiger partial charge >= 0.3 is 5.97 Å². The number of amides is 2. The van der Waals surface area contributed by atoms with Crippen LogP contribution in [0.5, 0.6) is 0 Å². The number of rotatable bonds is 4. The van der Waals surface area contributed by atoms with E-state index in [1.807, 2.05) is 6.92 Å². The van der Waals surface area contributed by atoms with Gasteiger partial charge in [-0.2, -0.15) is 0 Å². The van der Waals surface area contributed by atoms with E-state index >= 15 is 0 Å². The molecular formula is C14H15NO4S. The van der Waals surface area contributed by atoms with Gasteiger partial charge in [-0.25, -0.2) is 4.79 Å². The third-order valence-corrected chi connectivity index (χ3v) is 3.99. The largest absolute Gasteiger partial charge is 0.478 e. The number of carbonyl (C=O) groups excluding carboxylic acids is 2. The summed E-state index contributed by atoms with van der Waals surface area (Å²) in [5, 5.41) is 10.4. The Morgan fingerprint density at radius 1 is 1.45 bits per heavy atom. The molecule has 1 aromatic rings. The maximum atomic E-state index is 11.9. The third kappa shape index (κ3) is 3.54. The molecule has 0 radical (unpaired) electrons. The quantitative estimate of drug-likeness (QED) is 0.681. The minimum Gasteiger partial charge on any atom is -0.478 e. The first-order valence-corrected chi connectivity index (χ1v) is 7.15. The van der Waals surface area contributed by atoms with E-state index in [0.29, 0.717) is 12.8 Å². The van der Waals surface area contributed by atoms with Crippen molar-refractivity contribution < 1.29 is 19.5 Å². The molecule has 1 saturated heterocycles. The van der Waals surface area contributed by atoms with Crippen molar-refractivity contribution in [2.75, 3.05) is 0 Å². The van der Waals surface area contributed by atoms with Gasteiger partial charge < -0.3 is 5.11 Å². The molecule has 0 atom stereocenters. The highest BCUT2D eigenvalue weighted by molar-refractivity contribution is 7.10. The zero-order valence-electron chi connectivity index (χ0n) is 11.0. The summed E-state index contributed by atoms with van der Waals surface area (Å²) in [5.74, 6) is -1.16. The summed E-state index contributed by atoms with van der Waals surface area (Å²) in [5.41, 5.74) is 0.762. The topological polar surface area (TPSA) is 74.7 Å². The van der Waals surface area contributed by atoms with Gasteiger partial charge in [-0.1, -0.05) is 6.92 Å². The lowest BCUT2D eigenvalue weighted by Gasteiger charge is -2.27. The Labute approximate surface area is 120 Å². The fraction of sp³-hybridized carbons (Fsp3) is 0.357. The van der Waals surface area contributed by atoms with Crippen molar-refractivity contribution in [2.45, 2.75) is 26.3 Å². The van der Waals surface area contributed by atoms with Crippen LogP contribution in [0.4, 0.5) is 0 Å². The van der Waals surface area contributed by atoms with Crippen molar-refractivity contribution in [3.63, 3.8) is 0 Å². The highest BCUT2D eigenvalue weighted by Gasteiger charge is 2.30. The second kappa shape index (κ2) is 6.00. The van der Waals surface area contributed by atoms with E-state index in [2.05, 4.69) is 0 Å². The van der Waals surface area contributed by atoms with Gasteiger partial charge in [0, 0.05) is 23.8 Å². The predicted molar refractivity (Wildman–Crippen MR) is 74.9 cm³/mol. The van der Waals surface area contributed by atoms with E-state index in [-0.39, 0.29) is 24.3 Å². The minimum atomic E-state index is -1.01. The van der Waals surface area contributed by atoms with Gasteiger partial charge in [0.2, 0.25) is 11.8 Å². The van der Waals surface area contributed by atoms with Gasteiger partial charge in [0.25, 0.3) is 0 Å². The van der Waals surface area contributed by atoms with Gasteiger partial charge in [0.1, 0.15) is 0 Å². The fourth-order valence-electron chi connectivity index (χ4n) is 2.10. The molecule has 0 aliphatic carbocycles. The Kier molecular flexibility index (Phi) is 4.34. The normalized spacial score (nSPS) is 17.1. The van der Waals surface area contributed by atoms with Crippen LogP contribution in [-0.2, 0) is 20.9 Å². The molecule has 1 fully saturated rings. The number of carbonyl (C=O) groups is 3. The zero-order valence-corrected chi connectivity index (χ0v) is 11.9. The van der Waals surface area contributed by atoms with Gasteiger partial charge in [-0.15, -0.1) is 11.3 Å². The van der Waals surface area contributed by atoms with Gasteiger partial charge in [0.05, 0.1) is 6.54 Å². The number of hydrogen-bond donors (Lipinski definition) is 1. The Bertz CT molecular complexity index is 557. The first-order valence-electron chi connectivity index (χ1n) is 6.27. The van der Waals surface area contributed by atoms with Gasteiger partial charge in [0.15, 0.2) is 0 Å². The highest BCUT2D eigenvalue weighted by atomic mass is 32.1. The molecule has 6 heteroatoms. The minimum absolute atomic E-state index is 0.114. The Hall–Kier alpha value is -1.95. The summed E-state index contributed by atoms with van der Waals surface area (Å²) in [6.45, 7) is 2.17. The summed E-state index contributed by atoms with van der Waals surface area (Å²) >= 11 is 1.41. The lowest BCUT2D eigenvalue weighted by Crippen LogP contribution is -2.41. The molecule has 106 valence electrons. The van der Waals surface area contributed by atoms with Crippen LogP contribution in [0.15, 0.2) is 17.5 Å². The van der Waals surface area contributed by atoms with Crippen LogP contribution in [0.25, 0.3) is 6.08 Å². The number of carboxylic acids is 1. The number of thiophene rings is 1. The van der Waals surface area contributed by atoms with Crippen LogP contribution in [0, 0.1) is 5.92 Å². The molecule has 0 spiro atoms. The molecule has 0 aromatic carbocycles. The van der Waals surface area contributed by atoms with E-state index < -0.39 is 5.97 Å². The first kappa shape index (κ1) is 14.5. The van der Waals surface area contributed by atoms with Crippen molar-refractivity contribution in [2.24, 2.45) is 5.92 Å². The van der Waals surface area contributed by atoms with E-state index in [1.54, 1.807) is 11.4 Å². The molecule has 1 N–H and O–H groups in total. The van der Waals surface area contributed by atoms with Crippen LogP contribution >= 0.6 is 11.3 Å². The summed E-state index contributed by atoms with van der Waals surface area (Å²) in [7, 11) is 0. The lowest BCUT2D eigenvalue weighted by atomic mass is 9.98. The smallest absolute Gasteiger partial charge is 0.328 e. The van der Waals surface area contributed by atoms with Gasteiger partial charge in [-0.05, 0) is 29.0 Å². The van der Waals surface area contributed by atoms with Crippen molar-refractivity contribution >= 4 is 35.2 Å². The van der Waals surface area contributed by atoms with Crippen molar-refractivity contribution in [3.05, 3.63) is 28.0 Å². The average Bonchev–Trinajstić information content (AvgIpc) is 2.79. The van der Waals surface area contributed by atoms with Crippen molar-refractivity contribution in [1.29, 1.82) is 0 Å². The van der Waals surface area contributed by atoms with E-state index in [9.17, 15) is 14.4 Å². The molecule has 2 rings (SSSR count). The number of piperidine rings is 1. The predicted octanol–water partition coefficient (Wildman–Crippen LogP) is 2.13. The van der Waals surface area contributed by atoms with Crippen LogP contribution in [0.3, 0.4) is 0 Å². The number of nitrogens with zero attached hydrogens (tertiary/aromatic N) is 1. The molecule has 2 heterocycles. The number of carboxylic acid groups (broad SMARTS) is 1. The number of aliphatic carboxylic acids is 1. The lowest BCUT2D eigenvalue weighted by molar-refractivity contribution is -0.150. The number of imide groups is 1. The highest BCUT2D eigenvalue weighted by Crippen LogP contribution is 2.23. The second-order valence-electron chi connectivity index (χ2n) is 4.90. The van der Waals surface area contributed by atoms with Crippen molar-refractivity contribution in [1.82, 2.24) is 4.90 Å². The summed E-state index contributed by atoms with van der Waals surface area (Å²) in [6, 6.07) is 1.79. The summed E-state index contributed by atoms with van der Waals surface area (Å²) in [6.07, 6.45) is 3.36. The standard InChI is InChI=1S/C14H15NO4S/c1-9-4-12(16)15(13(17)5-9)7-11-6-10(8-20-11)2-3-14(18)19/h2-3,6,8-9H,4-5,7H2,1H3,(H,18,19). The molecule has 5 nitrogen and oxygen atoms in total. The van der Waals surface area contributed by atoms with Crippen LogP contribution in [0.2, 0.25) is 0 Å². The molecular weight excluding hydrogens is 278 g/mol. The van der Waals surface area contributed by atoms with Crippen LogP contribution < -0.4 is 0 Å². The SMILES string of the molecule is CC1CC(=O)N(Cc2cc(C=CC(=O)O)cs2)C(=O)C1. The van der Waals surface area contributed by atoms with E-state index in [0.717, 1.165) is 16.5 Å². The Morgan fingerprint density at radius 3 is 2.70 bits per heavy atom. The van der Waals surface area contributed by atoms with Crippen LogP contribution in [-0.4, -0.2) is 27.8 Å². The van der Waals surface area contributed by atoms with Crippen molar-refractivity contribution in [3.8, 4) is 0 Å². The van der Waals surface area contributed by atoms with Crippen LogP contribution in [0.1, 0.15) is 30.2 Å². The molecule has 0 bridgehead atoms. The maximum Gasteiger partial charge on any atom is 0.328 e. The monoisotopic (exact) mass is 293 g/mol. The molecule has 1 aliphatic rings. The summed E-state index contributed by atoms with van der Waals surface area (Å²) in [4.78, 5) is 36.3. The number of likely N-dealkylation sites (tertiary alicyclic amines) is 1. The summed E-state index contributed by atoms with van der Waals surface area (Å²) < 4.78 is 0. The van der Waals surface area contributed by atoms with E-state index in [1.165, 1.54) is 22.3 Å². The molecule has 20 heavy (non-hydrogen) atoms. The molecule has 2 amide bonds. The zero-order chi connectivity index (χ0) is 14.7. The van der Waals surface area contributed by atoms with E-state index in [4.69, 9.17) is 5.11 Å². The molecule has 0 saturated carbocycles. The molecule has 1 aromatic heterocycles. The molecule has 1 aliphatic heterocycles. The molecule has 0 unspecified atom stereocenters. The second-order valence-corrected chi connectivity index (χ2v) is 5.90.